The van der Waals surface area contributed by atoms with Crippen molar-refractivity contribution in [2.45, 2.75) is 12.0 Å². The van der Waals surface area contributed by atoms with Crippen LogP contribution in [0.1, 0.15) is 16.7 Å². The van der Waals surface area contributed by atoms with Crippen LogP contribution in [0.4, 0.5) is 0 Å². The van der Waals surface area contributed by atoms with E-state index in [2.05, 4.69) is 34.0 Å². The number of aromatic nitrogens is 1. The molecule has 1 aromatic heterocycles. The molecule has 3 aromatic rings. The summed E-state index contributed by atoms with van der Waals surface area (Å²) in [6.07, 6.45) is 2.69. The number of aliphatic imine (C=N–C) groups is 1. The average molecular weight is 486 g/mol. The van der Waals surface area contributed by atoms with E-state index < -0.39 is 5.54 Å². The van der Waals surface area contributed by atoms with Crippen molar-refractivity contribution in [3.8, 4) is 16.2 Å². The van der Waals surface area contributed by atoms with E-state index in [0.717, 1.165) is 39.3 Å². The van der Waals surface area contributed by atoms with Gasteiger partial charge >= 0.3 is 176 Å². The van der Waals surface area contributed by atoms with Gasteiger partial charge in [-0.2, -0.15) is 0 Å². The minimum Gasteiger partial charge on any atom is -0.147 e. The fourth-order valence-corrected chi connectivity index (χ4v) is 4.94. The summed E-state index contributed by atoms with van der Waals surface area (Å²) in [6.45, 7) is 0.680. The van der Waals surface area contributed by atoms with Crippen LogP contribution in [-0.2, 0) is 16.8 Å². The summed E-state index contributed by atoms with van der Waals surface area (Å²) in [5.74, 6) is 0.844. The Morgan fingerprint density at radius 2 is 2.03 bits per heavy atom. The van der Waals surface area contributed by atoms with Gasteiger partial charge in [-0.15, -0.1) is 12.4 Å². The van der Waals surface area contributed by atoms with Gasteiger partial charge in [0, 0.05) is 0 Å². The van der Waals surface area contributed by atoms with Crippen molar-refractivity contribution in [3.63, 3.8) is 0 Å². The number of ether oxygens (including phenoxy) is 1. The van der Waals surface area contributed by atoms with Crippen LogP contribution < -0.4 is 4.74 Å². The number of fused-ring (bicyclic) bond motifs is 1. The first-order valence-electron chi connectivity index (χ1n) is 8.92. The Kier molecular flexibility index (Phi) is 5.28. The fourth-order valence-electron chi connectivity index (χ4n) is 3.82. The van der Waals surface area contributed by atoms with E-state index in [1.54, 1.807) is 23.3 Å². The van der Waals surface area contributed by atoms with Gasteiger partial charge in [0.2, 0.25) is 0 Å². The van der Waals surface area contributed by atoms with Gasteiger partial charge in [-0.1, -0.05) is 0 Å². The molecule has 3 heterocycles. The van der Waals surface area contributed by atoms with E-state index >= 15 is 0 Å². The molecule has 2 aromatic carbocycles. The molecule has 146 valence electrons. The number of likely N-dealkylation sites (N-methyl/N-ethyl adjacent to an activating group) is 1. The molecule has 0 saturated heterocycles. The summed E-state index contributed by atoms with van der Waals surface area (Å²) in [5.41, 5.74) is 4.61. The van der Waals surface area contributed by atoms with Gasteiger partial charge in [-0.25, -0.2) is 0 Å². The van der Waals surface area contributed by atoms with Gasteiger partial charge in [-0.3, -0.25) is 0 Å². The van der Waals surface area contributed by atoms with Crippen molar-refractivity contribution < 1.29 is 9.53 Å². The van der Waals surface area contributed by atoms with Gasteiger partial charge in [0.05, 0.1) is 0 Å². The fraction of sp³-hybridized carbons (Fsp3) is 0.190. The van der Waals surface area contributed by atoms with Crippen molar-refractivity contribution >= 4 is 51.1 Å². The van der Waals surface area contributed by atoms with Crippen LogP contribution in [0.15, 0.2) is 59.2 Å². The molecular weight excluding hydrogens is 469 g/mol. The molecule has 5 nitrogen and oxygen atoms in total. The van der Waals surface area contributed by atoms with Crippen LogP contribution >= 0.6 is 23.7 Å². The standard InChI is InChI=1S/C21H16AsN3O2S.ClH/c1-25-19(26)21(24-20(25)22,16-5-6-17-13(9-16)7-8-27-17)15-4-2-3-14(10-15)18-11-23-12-28-18;/h2-6,9-12H,7-8H2,1H3;1H. The van der Waals surface area contributed by atoms with Crippen molar-refractivity contribution in [1.82, 2.24) is 9.88 Å². The molecule has 2 aliphatic heterocycles. The minimum atomic E-state index is -1.09. The first-order valence-corrected chi connectivity index (χ1v) is 10.7. The van der Waals surface area contributed by atoms with Crippen LogP contribution in [0.3, 0.4) is 0 Å². The molecule has 2 radical (unpaired) electrons. The Hall–Kier alpha value is -2.14. The number of halogens is 1. The molecule has 1 unspecified atom stereocenters. The van der Waals surface area contributed by atoms with Crippen LogP contribution in [0.5, 0.6) is 5.75 Å². The Morgan fingerprint density at radius 1 is 1.21 bits per heavy atom. The van der Waals surface area contributed by atoms with E-state index in [0.29, 0.717) is 11.2 Å². The second kappa shape index (κ2) is 7.60. The predicted molar refractivity (Wildman–Crippen MR) is 117 cm³/mol. The molecule has 8 heteroatoms. The van der Waals surface area contributed by atoms with Gasteiger partial charge in [0.15, 0.2) is 0 Å². The number of hydrogen-bond acceptors (Lipinski definition) is 5. The van der Waals surface area contributed by atoms with E-state index in [9.17, 15) is 4.79 Å². The quantitative estimate of drug-likeness (QED) is 0.534. The normalized spacial score (nSPS) is 20.1. The summed E-state index contributed by atoms with van der Waals surface area (Å²) in [4.78, 5) is 25.2. The molecule has 0 spiro atoms. The van der Waals surface area contributed by atoms with Crippen LogP contribution in [0.25, 0.3) is 10.4 Å². The smallest absolute Gasteiger partial charge is 0.147 e. The topological polar surface area (TPSA) is 54.8 Å². The van der Waals surface area contributed by atoms with E-state index in [-0.39, 0.29) is 18.3 Å². The van der Waals surface area contributed by atoms with Gasteiger partial charge in [-0.05, 0) is 0 Å². The van der Waals surface area contributed by atoms with Crippen LogP contribution in [0.2, 0.25) is 0 Å². The number of amides is 1. The second-order valence-electron chi connectivity index (χ2n) is 6.85. The molecular formula is C21H17AsClN3O2S. The van der Waals surface area contributed by atoms with Gasteiger partial charge < -0.3 is 0 Å². The van der Waals surface area contributed by atoms with Crippen LogP contribution in [0, 0.1) is 0 Å². The molecule has 5 rings (SSSR count). The molecule has 2 aliphatic rings. The Balaban J connectivity index is 0.00000205. The van der Waals surface area contributed by atoms with E-state index in [1.165, 1.54) is 0 Å². The molecule has 0 saturated carbocycles. The molecule has 1 atom stereocenters. The van der Waals surface area contributed by atoms with E-state index in [1.807, 2.05) is 42.0 Å². The summed E-state index contributed by atoms with van der Waals surface area (Å²) < 4.78 is 6.30. The first kappa shape index (κ1) is 20.1. The summed E-state index contributed by atoms with van der Waals surface area (Å²) >= 11 is 3.98. The van der Waals surface area contributed by atoms with Crippen molar-refractivity contribution in [3.05, 3.63) is 70.9 Å². The number of hydrogen-bond donors (Lipinski definition) is 0. The third-order valence-corrected chi connectivity index (χ3v) is 6.95. The Morgan fingerprint density at radius 3 is 2.76 bits per heavy atom. The maximum Gasteiger partial charge on any atom is -0.147 e. The first-order chi connectivity index (χ1) is 13.6. The monoisotopic (exact) mass is 485 g/mol. The van der Waals surface area contributed by atoms with Crippen molar-refractivity contribution in [1.29, 1.82) is 0 Å². The molecule has 0 bridgehead atoms. The number of nitrogens with zero attached hydrogens (tertiary/aromatic N) is 3. The summed E-state index contributed by atoms with van der Waals surface area (Å²) in [5, 5.41) is 0. The number of carbonyl (C=O) groups is 1. The minimum absolute atomic E-state index is 0. The molecule has 1 amide bonds. The number of rotatable bonds is 3. The molecule has 0 aliphatic carbocycles. The van der Waals surface area contributed by atoms with Gasteiger partial charge in [0.25, 0.3) is 0 Å². The maximum absolute atomic E-state index is 13.5. The van der Waals surface area contributed by atoms with Crippen LogP contribution in [-0.4, -0.2) is 50.9 Å². The number of amidine groups is 1. The number of carbonyl (C=O) groups excluding carboxylic acids is 1. The third-order valence-electron chi connectivity index (χ3n) is 5.29. The zero-order valence-electron chi connectivity index (χ0n) is 15.5. The number of thiazole rings is 1. The van der Waals surface area contributed by atoms with Gasteiger partial charge in [0.1, 0.15) is 0 Å². The average Bonchev–Trinajstić information content (AvgIpc) is 3.45. The Bertz CT molecular complexity index is 1120. The SMILES string of the molecule is CN1C(=O)C(c2cccc(-c3cncs3)c2)(c2ccc3c(c2)CCO3)N=C1[As].Cl. The summed E-state index contributed by atoms with van der Waals surface area (Å²) in [7, 11) is 1.77. The molecule has 29 heavy (non-hydrogen) atoms. The molecule has 0 fully saturated rings. The Labute approximate surface area is 187 Å². The second-order valence-corrected chi connectivity index (χ2v) is 8.58. The maximum atomic E-state index is 13.5. The van der Waals surface area contributed by atoms with E-state index in [4.69, 9.17) is 9.73 Å². The van der Waals surface area contributed by atoms with Crippen molar-refractivity contribution in [2.75, 3.05) is 13.7 Å². The largest absolute Gasteiger partial charge is 0.147 e. The summed E-state index contributed by atoms with van der Waals surface area (Å²) in [6, 6.07) is 14.0. The van der Waals surface area contributed by atoms with Crippen molar-refractivity contribution in [2.24, 2.45) is 4.99 Å². The number of benzene rings is 2. The predicted octanol–water partition coefficient (Wildman–Crippen LogP) is 3.41. The third kappa shape index (κ3) is 3.10. The zero-order valence-corrected chi connectivity index (χ0v) is 19.0. The molecule has 0 N–H and O–H groups in total. The zero-order chi connectivity index (χ0) is 19.3.